The third-order valence-corrected chi connectivity index (χ3v) is 4.78. The number of rotatable bonds is 5. The highest BCUT2D eigenvalue weighted by molar-refractivity contribution is 5.74. The van der Waals surface area contributed by atoms with Crippen molar-refractivity contribution >= 4 is 11.7 Å². The third kappa shape index (κ3) is 4.69. The van der Waals surface area contributed by atoms with Crippen LogP contribution in [0.5, 0.6) is 5.75 Å². The molecule has 0 aromatic heterocycles. The lowest BCUT2D eigenvalue weighted by molar-refractivity contribution is 0.194. The Hall–Kier alpha value is -2.69. The molecule has 0 saturated carbocycles. The number of piperazine rings is 1. The number of nitrogens with one attached hydrogen (secondary N) is 1. The van der Waals surface area contributed by atoms with Gasteiger partial charge in [-0.15, -0.1) is 0 Å². The van der Waals surface area contributed by atoms with E-state index in [1.54, 1.807) is 7.11 Å². The second-order valence-electron chi connectivity index (χ2n) is 6.64. The molecule has 0 radical (unpaired) electrons. The molecular formula is C21H27N3O2. The van der Waals surface area contributed by atoms with Gasteiger partial charge in [0.2, 0.25) is 0 Å². The molecule has 5 nitrogen and oxygen atoms in total. The second kappa shape index (κ2) is 8.61. The van der Waals surface area contributed by atoms with E-state index in [-0.39, 0.29) is 6.03 Å². The first-order valence-corrected chi connectivity index (χ1v) is 9.13. The van der Waals surface area contributed by atoms with Gasteiger partial charge in [-0.1, -0.05) is 24.3 Å². The largest absolute Gasteiger partial charge is 0.497 e. The summed E-state index contributed by atoms with van der Waals surface area (Å²) in [5, 5.41) is 3.03. The molecule has 0 atom stereocenters. The predicted octanol–water partition coefficient (Wildman–Crippen LogP) is 3.08. The number of carbonyl (C=O) groups is 1. The molecule has 2 aromatic rings. The number of aryl methyl sites for hydroxylation is 1. The van der Waals surface area contributed by atoms with E-state index in [1.807, 2.05) is 29.2 Å². The summed E-state index contributed by atoms with van der Waals surface area (Å²) >= 11 is 0. The van der Waals surface area contributed by atoms with Crippen molar-refractivity contribution in [2.45, 2.75) is 13.3 Å². The number of hydrogen-bond donors (Lipinski definition) is 1. The fourth-order valence-electron chi connectivity index (χ4n) is 3.21. The van der Waals surface area contributed by atoms with Gasteiger partial charge < -0.3 is 19.9 Å². The van der Waals surface area contributed by atoms with Gasteiger partial charge in [0, 0.05) is 38.4 Å². The zero-order valence-electron chi connectivity index (χ0n) is 15.6. The first-order valence-electron chi connectivity index (χ1n) is 9.13. The van der Waals surface area contributed by atoms with Crippen LogP contribution in [0.15, 0.2) is 48.5 Å². The van der Waals surface area contributed by atoms with Gasteiger partial charge in [0.25, 0.3) is 0 Å². The van der Waals surface area contributed by atoms with E-state index in [1.165, 1.54) is 16.8 Å². The summed E-state index contributed by atoms with van der Waals surface area (Å²) in [4.78, 5) is 16.6. The molecule has 1 heterocycles. The highest BCUT2D eigenvalue weighted by Crippen LogP contribution is 2.17. The molecule has 0 bridgehead atoms. The molecule has 1 N–H and O–H groups in total. The molecule has 3 rings (SSSR count). The van der Waals surface area contributed by atoms with Crippen LogP contribution < -0.4 is 15.0 Å². The van der Waals surface area contributed by atoms with Gasteiger partial charge in [0.05, 0.1) is 7.11 Å². The lowest BCUT2D eigenvalue weighted by atomic mass is 10.1. The van der Waals surface area contributed by atoms with Crippen molar-refractivity contribution in [1.29, 1.82) is 0 Å². The zero-order valence-corrected chi connectivity index (χ0v) is 15.6. The van der Waals surface area contributed by atoms with E-state index in [0.717, 1.165) is 38.3 Å². The van der Waals surface area contributed by atoms with Crippen molar-refractivity contribution in [2.24, 2.45) is 0 Å². The summed E-state index contributed by atoms with van der Waals surface area (Å²) in [7, 11) is 1.66. The normalized spacial score (nSPS) is 14.2. The number of nitrogens with zero attached hydrogens (tertiary/aromatic N) is 2. The molecule has 138 valence electrons. The van der Waals surface area contributed by atoms with Crippen molar-refractivity contribution in [1.82, 2.24) is 10.2 Å². The van der Waals surface area contributed by atoms with Crippen LogP contribution in [0.2, 0.25) is 0 Å². The van der Waals surface area contributed by atoms with Crippen molar-refractivity contribution in [3.63, 3.8) is 0 Å². The number of amides is 2. The monoisotopic (exact) mass is 353 g/mol. The van der Waals surface area contributed by atoms with Crippen LogP contribution in [0.1, 0.15) is 11.1 Å². The van der Waals surface area contributed by atoms with Gasteiger partial charge in [-0.05, 0) is 48.7 Å². The maximum absolute atomic E-state index is 12.4. The van der Waals surface area contributed by atoms with Crippen LogP contribution in [0.25, 0.3) is 0 Å². The van der Waals surface area contributed by atoms with Gasteiger partial charge in [-0.3, -0.25) is 0 Å². The molecule has 0 aliphatic carbocycles. The van der Waals surface area contributed by atoms with Gasteiger partial charge in [0.15, 0.2) is 0 Å². The van der Waals surface area contributed by atoms with Gasteiger partial charge in [0.1, 0.15) is 5.75 Å². The quantitative estimate of drug-likeness (QED) is 0.898. The van der Waals surface area contributed by atoms with E-state index in [0.29, 0.717) is 6.54 Å². The third-order valence-electron chi connectivity index (χ3n) is 4.78. The Morgan fingerprint density at radius 3 is 2.46 bits per heavy atom. The molecule has 26 heavy (non-hydrogen) atoms. The van der Waals surface area contributed by atoms with Crippen molar-refractivity contribution in [3.8, 4) is 5.75 Å². The summed E-state index contributed by atoms with van der Waals surface area (Å²) in [6, 6.07) is 16.5. The van der Waals surface area contributed by atoms with E-state index in [4.69, 9.17) is 4.74 Å². The Kier molecular flexibility index (Phi) is 6.00. The SMILES string of the molecule is COc1ccc(CCNC(=O)N2CCN(c3cccc(C)c3)CC2)cc1. The van der Waals surface area contributed by atoms with Crippen LogP contribution in [-0.4, -0.2) is 50.8 Å². The lowest BCUT2D eigenvalue weighted by Crippen LogP contribution is -2.52. The Morgan fingerprint density at radius 2 is 1.81 bits per heavy atom. The number of carbonyl (C=O) groups excluding carboxylic acids is 1. The molecule has 1 aliphatic rings. The van der Waals surface area contributed by atoms with Crippen molar-refractivity contribution in [3.05, 3.63) is 59.7 Å². The first kappa shape index (κ1) is 18.1. The molecule has 2 amide bonds. The van der Waals surface area contributed by atoms with Gasteiger partial charge in [-0.2, -0.15) is 0 Å². The van der Waals surface area contributed by atoms with E-state index in [2.05, 4.69) is 41.4 Å². The molecule has 2 aromatic carbocycles. The van der Waals surface area contributed by atoms with Crippen LogP contribution in [0.3, 0.4) is 0 Å². The van der Waals surface area contributed by atoms with E-state index < -0.39 is 0 Å². The number of anilines is 1. The molecule has 1 fully saturated rings. The summed E-state index contributed by atoms with van der Waals surface area (Å²) in [5.74, 6) is 0.851. The molecule has 1 saturated heterocycles. The van der Waals surface area contributed by atoms with Crippen LogP contribution in [-0.2, 0) is 6.42 Å². The smallest absolute Gasteiger partial charge is 0.317 e. The fourth-order valence-corrected chi connectivity index (χ4v) is 3.21. The van der Waals surface area contributed by atoms with Gasteiger partial charge in [-0.25, -0.2) is 4.79 Å². The molecule has 1 aliphatic heterocycles. The predicted molar refractivity (Wildman–Crippen MR) is 105 cm³/mol. The Labute approximate surface area is 155 Å². The molecule has 0 spiro atoms. The number of ether oxygens (including phenoxy) is 1. The van der Waals surface area contributed by atoms with Crippen molar-refractivity contribution < 1.29 is 9.53 Å². The zero-order chi connectivity index (χ0) is 18.4. The van der Waals surface area contributed by atoms with Crippen molar-refractivity contribution in [2.75, 3.05) is 44.7 Å². The Morgan fingerprint density at radius 1 is 1.08 bits per heavy atom. The van der Waals surface area contributed by atoms with E-state index in [9.17, 15) is 4.79 Å². The van der Waals surface area contributed by atoms with Crippen LogP contribution >= 0.6 is 0 Å². The molecule has 0 unspecified atom stereocenters. The number of urea groups is 1. The average Bonchev–Trinajstić information content (AvgIpc) is 2.68. The summed E-state index contributed by atoms with van der Waals surface area (Å²) in [5.41, 5.74) is 3.70. The van der Waals surface area contributed by atoms with Gasteiger partial charge >= 0.3 is 6.03 Å². The maximum Gasteiger partial charge on any atom is 0.317 e. The highest BCUT2D eigenvalue weighted by Gasteiger charge is 2.20. The van der Waals surface area contributed by atoms with E-state index >= 15 is 0 Å². The Bertz CT molecular complexity index is 722. The number of benzene rings is 2. The first-order chi connectivity index (χ1) is 12.7. The van der Waals surface area contributed by atoms with Crippen LogP contribution in [0.4, 0.5) is 10.5 Å². The minimum absolute atomic E-state index is 0.0300. The topological polar surface area (TPSA) is 44.8 Å². The highest BCUT2D eigenvalue weighted by atomic mass is 16.5. The maximum atomic E-state index is 12.4. The van der Waals surface area contributed by atoms with Crippen LogP contribution in [0, 0.1) is 6.92 Å². The molecule has 5 heteroatoms. The molecular weight excluding hydrogens is 326 g/mol. The summed E-state index contributed by atoms with van der Waals surface area (Å²) in [6.45, 7) is 5.99. The summed E-state index contributed by atoms with van der Waals surface area (Å²) < 4.78 is 5.16. The number of methoxy groups -OCH3 is 1. The number of hydrogen-bond acceptors (Lipinski definition) is 3. The fraction of sp³-hybridized carbons (Fsp3) is 0.381. The summed E-state index contributed by atoms with van der Waals surface area (Å²) in [6.07, 6.45) is 0.818. The minimum Gasteiger partial charge on any atom is -0.497 e. The second-order valence-corrected chi connectivity index (χ2v) is 6.64. The Balaban J connectivity index is 1.42. The average molecular weight is 353 g/mol. The standard InChI is InChI=1S/C21H27N3O2/c1-17-4-3-5-19(16-17)23-12-14-24(15-13-23)21(25)22-11-10-18-6-8-20(26-2)9-7-18/h3-9,16H,10-15H2,1-2H3,(H,22,25). The minimum atomic E-state index is 0.0300. The lowest BCUT2D eigenvalue weighted by Gasteiger charge is -2.36.